The van der Waals surface area contributed by atoms with Gasteiger partial charge in [-0.2, -0.15) is 0 Å². The van der Waals surface area contributed by atoms with Gasteiger partial charge in [0.2, 0.25) is 0 Å². The predicted octanol–water partition coefficient (Wildman–Crippen LogP) is 0.443. The van der Waals surface area contributed by atoms with E-state index in [1.807, 2.05) is 0 Å². The molecule has 1 nitrogen and oxygen atoms in total. The van der Waals surface area contributed by atoms with Gasteiger partial charge in [0.05, 0.1) is 19.3 Å². The summed E-state index contributed by atoms with van der Waals surface area (Å²) in [6.45, 7) is 4.55. The van der Waals surface area contributed by atoms with Crippen LogP contribution in [0, 0.1) is 5.92 Å². The lowest BCUT2D eigenvalue weighted by atomic mass is 10.0. The summed E-state index contributed by atoms with van der Waals surface area (Å²) in [5, 5.41) is 0. The average molecular weight is 126 g/mol. The maximum atomic E-state index is 2.31. The van der Waals surface area contributed by atoms with E-state index in [-0.39, 0.29) is 0 Å². The van der Waals surface area contributed by atoms with Crippen LogP contribution in [0.2, 0.25) is 0 Å². The summed E-state index contributed by atoms with van der Waals surface area (Å²) >= 11 is 0. The lowest BCUT2D eigenvalue weighted by Gasteiger charge is -2.16. The van der Waals surface area contributed by atoms with Gasteiger partial charge in [0, 0.05) is 5.92 Å². The lowest BCUT2D eigenvalue weighted by Crippen LogP contribution is -3.07. The topological polar surface area (TPSA) is 4.44 Å². The van der Waals surface area contributed by atoms with E-state index in [0.717, 1.165) is 12.0 Å². The number of nitrogens with one attached hydrogen (secondary N) is 1. The number of rotatable bonds is 1. The molecule has 0 saturated carbocycles. The summed E-state index contributed by atoms with van der Waals surface area (Å²) in [4.78, 5) is 1.56. The fraction of sp³-hybridized carbons (Fsp3) is 0.750. The van der Waals surface area contributed by atoms with E-state index in [0.29, 0.717) is 0 Å². The van der Waals surface area contributed by atoms with Crippen molar-refractivity contribution in [1.29, 1.82) is 0 Å². The molecule has 3 atom stereocenters. The molecule has 0 aromatic carbocycles. The minimum Gasteiger partial charge on any atom is -0.308 e. The minimum atomic E-state index is 0.787. The monoisotopic (exact) mass is 126 g/mol. The van der Waals surface area contributed by atoms with Gasteiger partial charge in [0.1, 0.15) is 0 Å². The molecule has 1 heteroatoms. The molecule has 3 unspecified atom stereocenters. The van der Waals surface area contributed by atoms with E-state index < -0.39 is 0 Å². The van der Waals surface area contributed by atoms with Gasteiger partial charge in [-0.15, -0.1) is 0 Å². The molecule has 0 aromatic heterocycles. The molecule has 0 amide bonds. The van der Waals surface area contributed by atoms with E-state index in [1.54, 1.807) is 4.90 Å². The Morgan fingerprint density at radius 2 is 2.22 bits per heavy atom. The van der Waals surface area contributed by atoms with E-state index in [2.05, 4.69) is 33.2 Å². The van der Waals surface area contributed by atoms with Crippen LogP contribution in [0.15, 0.2) is 12.3 Å². The lowest BCUT2D eigenvalue weighted by molar-refractivity contribution is -0.849. The maximum absolute atomic E-state index is 2.31. The number of hydrogen-bond acceptors (Lipinski definition) is 0. The van der Waals surface area contributed by atoms with Crippen LogP contribution in [0.25, 0.3) is 0 Å². The van der Waals surface area contributed by atoms with Gasteiger partial charge < -0.3 is 4.90 Å². The second kappa shape index (κ2) is 2.53. The zero-order chi connectivity index (χ0) is 6.85. The van der Waals surface area contributed by atoms with Gasteiger partial charge >= 0.3 is 0 Å². The van der Waals surface area contributed by atoms with Gasteiger partial charge in [-0.3, -0.25) is 0 Å². The van der Waals surface area contributed by atoms with Crippen LogP contribution < -0.4 is 4.90 Å². The standard InChI is InChI=1S/C8H15N/c1-4-8-7(2)5-6-9(8)3/h5-8H,4H2,1-3H3/p+1. The van der Waals surface area contributed by atoms with Crippen LogP contribution >= 0.6 is 0 Å². The van der Waals surface area contributed by atoms with Gasteiger partial charge in [0.15, 0.2) is 0 Å². The zero-order valence-corrected chi connectivity index (χ0v) is 6.52. The second-order valence-corrected chi connectivity index (χ2v) is 2.98. The quantitative estimate of drug-likeness (QED) is 0.520. The number of hydrogen-bond donors (Lipinski definition) is 1. The van der Waals surface area contributed by atoms with Crippen LogP contribution in [0.3, 0.4) is 0 Å². The van der Waals surface area contributed by atoms with Crippen LogP contribution in [0.4, 0.5) is 0 Å². The van der Waals surface area contributed by atoms with E-state index in [1.165, 1.54) is 6.42 Å². The Labute approximate surface area is 57.4 Å². The summed E-state index contributed by atoms with van der Waals surface area (Å²) in [5.74, 6) is 0.787. The fourth-order valence-electron chi connectivity index (χ4n) is 1.67. The average Bonchev–Trinajstić information content (AvgIpc) is 2.12. The molecule has 0 fully saturated rings. The SMILES string of the molecule is CCC1C(C)C=C[NH+]1C. The molecule has 1 rings (SSSR count). The van der Waals surface area contributed by atoms with Crippen molar-refractivity contribution in [3.63, 3.8) is 0 Å². The molecule has 0 bridgehead atoms. The Bertz CT molecular complexity index is 106. The Morgan fingerprint density at radius 1 is 1.56 bits per heavy atom. The van der Waals surface area contributed by atoms with Crippen LogP contribution in [-0.2, 0) is 0 Å². The molecule has 0 radical (unpaired) electrons. The van der Waals surface area contributed by atoms with Crippen LogP contribution in [-0.4, -0.2) is 13.1 Å². The Morgan fingerprint density at radius 3 is 2.44 bits per heavy atom. The summed E-state index contributed by atoms with van der Waals surface area (Å²) in [6, 6.07) is 0.838. The van der Waals surface area contributed by atoms with Crippen molar-refractivity contribution < 1.29 is 4.90 Å². The second-order valence-electron chi connectivity index (χ2n) is 2.98. The first-order valence-corrected chi connectivity index (χ1v) is 3.77. The van der Waals surface area contributed by atoms with E-state index in [4.69, 9.17) is 0 Å². The van der Waals surface area contributed by atoms with Crippen molar-refractivity contribution in [3.8, 4) is 0 Å². The molecule has 9 heavy (non-hydrogen) atoms. The third-order valence-electron chi connectivity index (χ3n) is 2.32. The van der Waals surface area contributed by atoms with Gasteiger partial charge in [-0.05, 0) is 12.5 Å². The van der Waals surface area contributed by atoms with Crippen LogP contribution in [0.1, 0.15) is 20.3 Å². The first kappa shape index (κ1) is 6.81. The van der Waals surface area contributed by atoms with Gasteiger partial charge in [0.25, 0.3) is 0 Å². The van der Waals surface area contributed by atoms with Crippen molar-refractivity contribution in [2.75, 3.05) is 7.05 Å². The van der Waals surface area contributed by atoms with E-state index >= 15 is 0 Å². The van der Waals surface area contributed by atoms with Crippen molar-refractivity contribution >= 4 is 0 Å². The first-order chi connectivity index (χ1) is 4.25. The molecule has 52 valence electrons. The highest BCUT2D eigenvalue weighted by atomic mass is 15.1. The molecule has 0 spiro atoms. The van der Waals surface area contributed by atoms with Crippen molar-refractivity contribution in [1.82, 2.24) is 0 Å². The Hall–Kier alpha value is -0.300. The Kier molecular flexibility index (Phi) is 1.91. The highest BCUT2D eigenvalue weighted by Gasteiger charge is 2.25. The normalized spacial score (nSPS) is 41.9. The molecule has 0 aromatic rings. The molecule has 1 N–H and O–H groups in total. The maximum Gasteiger partial charge on any atom is 0.0974 e. The molecule has 0 saturated heterocycles. The summed E-state index contributed by atoms with van der Waals surface area (Å²) in [7, 11) is 2.23. The van der Waals surface area contributed by atoms with Crippen molar-refractivity contribution in [2.45, 2.75) is 26.3 Å². The predicted molar refractivity (Wildman–Crippen MR) is 39.3 cm³/mol. The van der Waals surface area contributed by atoms with Gasteiger partial charge in [-0.25, -0.2) is 0 Å². The molecular weight excluding hydrogens is 110 g/mol. The van der Waals surface area contributed by atoms with Crippen molar-refractivity contribution in [2.24, 2.45) is 5.92 Å². The zero-order valence-electron chi connectivity index (χ0n) is 6.52. The molecule has 1 aliphatic heterocycles. The summed E-state index contributed by atoms with van der Waals surface area (Å²) in [6.07, 6.45) is 5.86. The minimum absolute atomic E-state index is 0.787. The number of quaternary nitrogens is 1. The smallest absolute Gasteiger partial charge is 0.0974 e. The Balaban J connectivity index is 2.53. The third-order valence-corrected chi connectivity index (χ3v) is 2.32. The highest BCUT2D eigenvalue weighted by Crippen LogP contribution is 2.08. The molecule has 0 aliphatic carbocycles. The summed E-state index contributed by atoms with van der Waals surface area (Å²) in [5.41, 5.74) is 0. The molecule has 1 aliphatic rings. The molecular formula is C8H16N+. The summed E-state index contributed by atoms with van der Waals surface area (Å²) < 4.78 is 0. The highest BCUT2D eigenvalue weighted by molar-refractivity contribution is 4.89. The van der Waals surface area contributed by atoms with Crippen molar-refractivity contribution in [3.05, 3.63) is 12.3 Å². The van der Waals surface area contributed by atoms with Gasteiger partial charge in [-0.1, -0.05) is 13.8 Å². The van der Waals surface area contributed by atoms with E-state index in [9.17, 15) is 0 Å². The molecule has 1 heterocycles. The fourth-order valence-corrected chi connectivity index (χ4v) is 1.67. The first-order valence-electron chi connectivity index (χ1n) is 3.77. The third kappa shape index (κ3) is 1.16. The van der Waals surface area contributed by atoms with Crippen LogP contribution in [0.5, 0.6) is 0 Å². The largest absolute Gasteiger partial charge is 0.308 e.